The molecule has 0 amide bonds. The maximum absolute atomic E-state index is 13.0. The molecule has 0 radical (unpaired) electrons. The highest BCUT2D eigenvalue weighted by Crippen LogP contribution is 2.21. The van der Waals surface area contributed by atoms with Gasteiger partial charge in [-0.25, -0.2) is 4.98 Å². The lowest BCUT2D eigenvalue weighted by Crippen LogP contribution is -2.36. The number of benzene rings is 2. The number of aromatic nitrogens is 2. The largest absolute Gasteiger partial charge is 0.299 e. The Kier molecular flexibility index (Phi) is 5.08. The first-order valence-electron chi connectivity index (χ1n) is 9.84. The van der Waals surface area contributed by atoms with Crippen LogP contribution in [0.25, 0.3) is 10.9 Å². The van der Waals surface area contributed by atoms with Crippen LogP contribution < -0.4 is 5.56 Å². The lowest BCUT2D eigenvalue weighted by molar-refractivity contribution is 0.166. The van der Waals surface area contributed by atoms with Crippen molar-refractivity contribution in [3.05, 3.63) is 75.8 Å². The summed E-state index contributed by atoms with van der Waals surface area (Å²) in [5.74, 6) is 1.36. The Hall–Kier alpha value is -2.46. The van der Waals surface area contributed by atoms with E-state index < -0.39 is 0 Å². The van der Waals surface area contributed by atoms with Gasteiger partial charge in [-0.2, -0.15) is 0 Å². The molecule has 2 aromatic carbocycles. The molecule has 0 atom stereocenters. The Morgan fingerprint density at radius 1 is 1.04 bits per heavy atom. The summed E-state index contributed by atoms with van der Waals surface area (Å²) in [6.07, 6.45) is 2.26. The highest BCUT2D eigenvalue weighted by atomic mass is 16.1. The first-order chi connectivity index (χ1) is 13.1. The van der Waals surface area contributed by atoms with Crippen LogP contribution in [0.3, 0.4) is 0 Å². The first kappa shape index (κ1) is 17.9. The molecule has 1 aliphatic heterocycles. The number of hydrogen-bond acceptors (Lipinski definition) is 3. The van der Waals surface area contributed by atoms with Gasteiger partial charge in [-0.15, -0.1) is 0 Å². The molecule has 0 N–H and O–H groups in total. The normalized spacial score (nSPS) is 16.1. The Morgan fingerprint density at radius 3 is 2.52 bits per heavy atom. The number of aryl methyl sites for hydroxylation is 2. The molecular weight excluding hydrogens is 334 g/mol. The fourth-order valence-electron chi connectivity index (χ4n) is 4.09. The van der Waals surface area contributed by atoms with Crippen LogP contribution in [0.4, 0.5) is 0 Å². The van der Waals surface area contributed by atoms with Crippen molar-refractivity contribution >= 4 is 10.9 Å². The quantitative estimate of drug-likeness (QED) is 0.707. The van der Waals surface area contributed by atoms with Crippen LogP contribution in [0.5, 0.6) is 0 Å². The summed E-state index contributed by atoms with van der Waals surface area (Å²) in [5, 5.41) is 0.738. The second-order valence-electron chi connectivity index (χ2n) is 7.80. The first-order valence-corrected chi connectivity index (χ1v) is 9.84. The zero-order valence-corrected chi connectivity index (χ0v) is 16.2. The van der Waals surface area contributed by atoms with Gasteiger partial charge >= 0.3 is 0 Å². The second-order valence-corrected chi connectivity index (χ2v) is 7.80. The van der Waals surface area contributed by atoms with E-state index in [1.165, 1.54) is 5.56 Å². The molecule has 0 unspecified atom stereocenters. The summed E-state index contributed by atoms with van der Waals surface area (Å²) < 4.78 is 1.89. The molecule has 4 nitrogen and oxygen atoms in total. The van der Waals surface area contributed by atoms with Gasteiger partial charge in [0.1, 0.15) is 5.82 Å². The van der Waals surface area contributed by atoms with Crippen molar-refractivity contribution in [2.45, 2.75) is 39.8 Å². The van der Waals surface area contributed by atoms with E-state index in [2.05, 4.69) is 40.2 Å². The van der Waals surface area contributed by atoms with Gasteiger partial charge in [-0.3, -0.25) is 14.3 Å². The van der Waals surface area contributed by atoms with Crippen LogP contribution >= 0.6 is 0 Å². The van der Waals surface area contributed by atoms with Gasteiger partial charge in [0.05, 0.1) is 10.9 Å². The number of nitrogens with zero attached hydrogens (tertiary/aromatic N) is 3. The predicted molar refractivity (Wildman–Crippen MR) is 110 cm³/mol. The second kappa shape index (κ2) is 7.65. The number of piperidine rings is 1. The molecule has 4 heteroatoms. The maximum atomic E-state index is 13.0. The Morgan fingerprint density at radius 2 is 1.78 bits per heavy atom. The summed E-state index contributed by atoms with van der Waals surface area (Å²) >= 11 is 0. The van der Waals surface area contributed by atoms with E-state index in [0.717, 1.165) is 61.3 Å². The van der Waals surface area contributed by atoms with Crippen LogP contribution in [0.2, 0.25) is 0 Å². The Balaban J connectivity index is 1.45. The van der Waals surface area contributed by atoms with E-state index in [1.807, 2.05) is 36.6 Å². The molecule has 1 saturated heterocycles. The van der Waals surface area contributed by atoms with E-state index >= 15 is 0 Å². The molecule has 1 aromatic heterocycles. The molecule has 140 valence electrons. The highest BCUT2D eigenvalue weighted by molar-refractivity contribution is 5.78. The zero-order valence-electron chi connectivity index (χ0n) is 16.2. The molecule has 0 saturated carbocycles. The minimum atomic E-state index is 0.105. The van der Waals surface area contributed by atoms with Crippen LogP contribution in [-0.4, -0.2) is 27.5 Å². The van der Waals surface area contributed by atoms with Gasteiger partial charge in [0.2, 0.25) is 0 Å². The van der Waals surface area contributed by atoms with Crippen LogP contribution in [0.1, 0.15) is 29.8 Å². The monoisotopic (exact) mass is 361 g/mol. The van der Waals surface area contributed by atoms with Crippen molar-refractivity contribution in [1.82, 2.24) is 14.5 Å². The molecular formula is C23H27N3O. The summed E-state index contributed by atoms with van der Waals surface area (Å²) in [7, 11) is 0. The minimum absolute atomic E-state index is 0.105. The Bertz CT molecular complexity index is 986. The van der Waals surface area contributed by atoms with Crippen molar-refractivity contribution < 1.29 is 0 Å². The lowest BCUT2D eigenvalue weighted by atomic mass is 9.96. The Labute approximate surface area is 160 Å². The fraction of sp³-hybridized carbons (Fsp3) is 0.391. The topological polar surface area (TPSA) is 38.1 Å². The molecule has 1 fully saturated rings. The average Bonchev–Trinajstić information content (AvgIpc) is 2.68. The molecule has 0 aliphatic carbocycles. The van der Waals surface area contributed by atoms with E-state index in [0.29, 0.717) is 5.92 Å². The van der Waals surface area contributed by atoms with E-state index in [4.69, 9.17) is 0 Å². The van der Waals surface area contributed by atoms with Gasteiger partial charge in [0.25, 0.3) is 5.56 Å². The smallest absolute Gasteiger partial charge is 0.261 e. The van der Waals surface area contributed by atoms with Crippen LogP contribution in [-0.2, 0) is 13.1 Å². The third-order valence-electron chi connectivity index (χ3n) is 5.70. The van der Waals surface area contributed by atoms with Gasteiger partial charge in [-0.1, -0.05) is 42.0 Å². The number of hydrogen-bond donors (Lipinski definition) is 0. The van der Waals surface area contributed by atoms with Gasteiger partial charge in [0.15, 0.2) is 0 Å². The third kappa shape index (κ3) is 3.96. The maximum Gasteiger partial charge on any atom is 0.261 e. The van der Waals surface area contributed by atoms with Gasteiger partial charge in [0, 0.05) is 13.1 Å². The molecule has 0 spiro atoms. The standard InChI is InChI=1S/C23H27N3O/c1-17-8-9-22-21(14-17)23(27)26(18(2)24-22)16-20-10-12-25(13-11-20)15-19-6-4-3-5-7-19/h3-9,14,20H,10-13,15-16H2,1-2H3. The summed E-state index contributed by atoms with van der Waals surface area (Å²) in [4.78, 5) is 20.2. The zero-order chi connectivity index (χ0) is 18.8. The summed E-state index contributed by atoms with van der Waals surface area (Å²) in [5.41, 5.74) is 3.38. The highest BCUT2D eigenvalue weighted by Gasteiger charge is 2.21. The van der Waals surface area contributed by atoms with E-state index in [1.54, 1.807) is 0 Å². The molecule has 4 rings (SSSR count). The van der Waals surface area contributed by atoms with Crippen LogP contribution in [0, 0.1) is 19.8 Å². The van der Waals surface area contributed by atoms with Crippen molar-refractivity contribution in [3.63, 3.8) is 0 Å². The SMILES string of the molecule is Cc1ccc2nc(C)n(CC3CCN(Cc4ccccc4)CC3)c(=O)c2c1. The fourth-order valence-corrected chi connectivity index (χ4v) is 4.09. The molecule has 2 heterocycles. The van der Waals surface area contributed by atoms with Crippen molar-refractivity contribution in [1.29, 1.82) is 0 Å². The molecule has 27 heavy (non-hydrogen) atoms. The predicted octanol–water partition coefficient (Wildman–Crippen LogP) is 3.93. The van der Waals surface area contributed by atoms with E-state index in [-0.39, 0.29) is 5.56 Å². The lowest BCUT2D eigenvalue weighted by Gasteiger charge is -2.32. The molecule has 0 bridgehead atoms. The van der Waals surface area contributed by atoms with Gasteiger partial charge < -0.3 is 0 Å². The van der Waals surface area contributed by atoms with Crippen LogP contribution in [0.15, 0.2) is 53.3 Å². The van der Waals surface area contributed by atoms with Crippen molar-refractivity contribution in [2.24, 2.45) is 5.92 Å². The molecule has 3 aromatic rings. The number of fused-ring (bicyclic) bond motifs is 1. The van der Waals surface area contributed by atoms with E-state index in [9.17, 15) is 4.79 Å². The average molecular weight is 361 g/mol. The van der Waals surface area contributed by atoms with Crippen molar-refractivity contribution in [2.75, 3.05) is 13.1 Å². The third-order valence-corrected chi connectivity index (χ3v) is 5.70. The number of likely N-dealkylation sites (tertiary alicyclic amines) is 1. The summed E-state index contributed by atoms with van der Waals surface area (Å²) in [6.45, 7) is 7.95. The summed E-state index contributed by atoms with van der Waals surface area (Å²) in [6, 6.07) is 16.6. The molecule has 1 aliphatic rings. The van der Waals surface area contributed by atoms with Crippen molar-refractivity contribution in [3.8, 4) is 0 Å². The number of rotatable bonds is 4. The van der Waals surface area contributed by atoms with Gasteiger partial charge in [-0.05, 0) is 63.4 Å². The minimum Gasteiger partial charge on any atom is -0.299 e.